The first-order valence-corrected chi connectivity index (χ1v) is 9.79. The quantitative estimate of drug-likeness (QED) is 0.382. The first kappa shape index (κ1) is 20.9. The number of furan rings is 1. The van der Waals surface area contributed by atoms with Crippen molar-refractivity contribution in [2.75, 3.05) is 27.4 Å². The number of hydrogen-bond donors (Lipinski definition) is 0. The summed E-state index contributed by atoms with van der Waals surface area (Å²) in [7, 11) is 2.90. The fourth-order valence-corrected chi connectivity index (χ4v) is 3.74. The molecular weight excluding hydrogens is 394 g/mol. The molecule has 0 spiro atoms. The Hall–Kier alpha value is -2.84. The summed E-state index contributed by atoms with van der Waals surface area (Å²) in [6.45, 7) is 2.70. The number of benzene rings is 1. The zero-order chi connectivity index (χ0) is 21.0. The molecule has 2 amide bonds. The molecule has 152 valence electrons. The Labute approximate surface area is 172 Å². The van der Waals surface area contributed by atoms with Gasteiger partial charge in [0.2, 0.25) is 0 Å². The zero-order valence-corrected chi connectivity index (χ0v) is 17.2. The molecule has 0 aliphatic carbocycles. The van der Waals surface area contributed by atoms with E-state index in [0.29, 0.717) is 41.6 Å². The molecule has 2 aromatic rings. The van der Waals surface area contributed by atoms with Crippen LogP contribution in [-0.4, -0.2) is 49.4 Å². The highest BCUT2D eigenvalue weighted by Gasteiger charge is 2.34. The smallest absolute Gasteiger partial charge is 0.337 e. The lowest BCUT2D eigenvalue weighted by molar-refractivity contribution is -0.122. The van der Waals surface area contributed by atoms with Crippen molar-refractivity contribution in [2.24, 2.45) is 0 Å². The maximum absolute atomic E-state index is 12.5. The molecule has 8 heteroatoms. The van der Waals surface area contributed by atoms with Gasteiger partial charge in [-0.25, -0.2) is 4.79 Å². The number of esters is 1. The van der Waals surface area contributed by atoms with Gasteiger partial charge < -0.3 is 13.9 Å². The molecule has 1 aromatic heterocycles. The van der Waals surface area contributed by atoms with Crippen molar-refractivity contribution < 1.29 is 28.3 Å². The summed E-state index contributed by atoms with van der Waals surface area (Å²) in [5, 5.41) is -0.300. The maximum atomic E-state index is 12.5. The minimum absolute atomic E-state index is 0.300. The SMILES string of the molecule is COCCCN1C(=O)S/C(=C/c2ccc(-c3cc(C(=O)OC)ccc3C)o2)C1=O. The first-order chi connectivity index (χ1) is 13.9. The van der Waals surface area contributed by atoms with Crippen molar-refractivity contribution >= 4 is 35.0 Å². The molecule has 1 aliphatic heterocycles. The highest BCUT2D eigenvalue weighted by atomic mass is 32.2. The number of amides is 2. The van der Waals surface area contributed by atoms with E-state index in [1.54, 1.807) is 37.5 Å². The van der Waals surface area contributed by atoms with Crippen molar-refractivity contribution in [3.05, 3.63) is 52.1 Å². The van der Waals surface area contributed by atoms with Crippen LogP contribution >= 0.6 is 11.8 Å². The number of carbonyl (C=O) groups is 3. The van der Waals surface area contributed by atoms with E-state index in [9.17, 15) is 14.4 Å². The second kappa shape index (κ2) is 9.11. The van der Waals surface area contributed by atoms with Gasteiger partial charge in [0, 0.05) is 31.9 Å². The average molecular weight is 415 g/mol. The predicted octanol–water partition coefficient (Wildman–Crippen LogP) is 4.11. The monoisotopic (exact) mass is 415 g/mol. The van der Waals surface area contributed by atoms with E-state index in [1.165, 1.54) is 12.0 Å². The van der Waals surface area contributed by atoms with E-state index < -0.39 is 5.97 Å². The molecule has 0 atom stereocenters. The number of ether oxygens (including phenoxy) is 2. The average Bonchev–Trinajstić information content (AvgIpc) is 3.27. The molecular formula is C21H21NO6S. The van der Waals surface area contributed by atoms with Crippen molar-refractivity contribution in [2.45, 2.75) is 13.3 Å². The van der Waals surface area contributed by atoms with E-state index >= 15 is 0 Å². The van der Waals surface area contributed by atoms with Crippen LogP contribution < -0.4 is 0 Å². The Bertz CT molecular complexity index is 977. The zero-order valence-electron chi connectivity index (χ0n) is 16.4. The molecule has 0 bridgehead atoms. The molecule has 0 unspecified atom stereocenters. The lowest BCUT2D eigenvalue weighted by Crippen LogP contribution is -2.29. The number of methoxy groups -OCH3 is 2. The third-order valence-electron chi connectivity index (χ3n) is 4.43. The van der Waals surface area contributed by atoms with Gasteiger partial charge in [-0.2, -0.15) is 0 Å². The van der Waals surface area contributed by atoms with Crippen LogP contribution in [0.2, 0.25) is 0 Å². The van der Waals surface area contributed by atoms with Gasteiger partial charge in [-0.1, -0.05) is 6.07 Å². The number of nitrogens with zero attached hydrogens (tertiary/aromatic N) is 1. The highest BCUT2D eigenvalue weighted by Crippen LogP contribution is 2.34. The van der Waals surface area contributed by atoms with E-state index in [2.05, 4.69) is 0 Å². The van der Waals surface area contributed by atoms with Gasteiger partial charge in [0.15, 0.2) is 0 Å². The van der Waals surface area contributed by atoms with Crippen LogP contribution in [-0.2, 0) is 14.3 Å². The third kappa shape index (κ3) is 4.60. The van der Waals surface area contributed by atoms with E-state index in [4.69, 9.17) is 13.9 Å². The largest absolute Gasteiger partial charge is 0.465 e. The van der Waals surface area contributed by atoms with Gasteiger partial charge in [0.05, 0.1) is 17.6 Å². The molecule has 7 nitrogen and oxygen atoms in total. The number of hydrogen-bond acceptors (Lipinski definition) is 7. The highest BCUT2D eigenvalue weighted by molar-refractivity contribution is 8.18. The topological polar surface area (TPSA) is 86.1 Å². The summed E-state index contributed by atoms with van der Waals surface area (Å²) in [6, 6.07) is 8.69. The first-order valence-electron chi connectivity index (χ1n) is 8.98. The Morgan fingerprint density at radius 3 is 2.72 bits per heavy atom. The molecule has 1 saturated heterocycles. The lowest BCUT2D eigenvalue weighted by atomic mass is 10.0. The number of aryl methyl sites for hydroxylation is 1. The van der Waals surface area contributed by atoms with Crippen LogP contribution in [0.4, 0.5) is 4.79 Å². The Balaban J connectivity index is 1.81. The molecule has 0 saturated carbocycles. The van der Waals surface area contributed by atoms with Gasteiger partial charge in [0.1, 0.15) is 11.5 Å². The van der Waals surface area contributed by atoms with E-state index in [1.807, 2.05) is 13.0 Å². The van der Waals surface area contributed by atoms with Crippen molar-refractivity contribution in [3.63, 3.8) is 0 Å². The molecule has 0 radical (unpaired) electrons. The summed E-state index contributed by atoms with van der Waals surface area (Å²) < 4.78 is 15.6. The van der Waals surface area contributed by atoms with Crippen LogP contribution in [0.1, 0.15) is 28.1 Å². The number of carbonyl (C=O) groups excluding carboxylic acids is 3. The summed E-state index contributed by atoms with van der Waals surface area (Å²) in [5.41, 5.74) is 2.10. The van der Waals surface area contributed by atoms with Gasteiger partial charge in [0.25, 0.3) is 11.1 Å². The summed E-state index contributed by atoms with van der Waals surface area (Å²) in [5.74, 6) is 0.238. The maximum Gasteiger partial charge on any atom is 0.337 e. The van der Waals surface area contributed by atoms with Crippen LogP contribution in [0.3, 0.4) is 0 Å². The van der Waals surface area contributed by atoms with Crippen LogP contribution in [0.5, 0.6) is 0 Å². The molecule has 29 heavy (non-hydrogen) atoms. The van der Waals surface area contributed by atoms with E-state index in [0.717, 1.165) is 22.9 Å². The molecule has 0 N–H and O–H groups in total. The minimum Gasteiger partial charge on any atom is -0.465 e. The van der Waals surface area contributed by atoms with Gasteiger partial charge in [-0.05, 0) is 54.9 Å². The molecule has 1 aliphatic rings. The Morgan fingerprint density at radius 1 is 1.21 bits per heavy atom. The molecule has 1 fully saturated rings. The normalized spacial score (nSPS) is 15.4. The predicted molar refractivity (Wildman–Crippen MR) is 109 cm³/mol. The second-order valence-electron chi connectivity index (χ2n) is 6.40. The molecule has 1 aromatic carbocycles. The summed E-state index contributed by atoms with van der Waals surface area (Å²) >= 11 is 0.889. The fourth-order valence-electron chi connectivity index (χ4n) is 2.90. The fraction of sp³-hybridized carbons (Fsp3) is 0.286. The standard InChI is InChI=1S/C21H21NO6S/c1-13-5-6-14(20(24)27-3)11-16(13)17-8-7-15(28-17)12-18-19(23)22(21(25)29-18)9-4-10-26-2/h5-8,11-12H,4,9-10H2,1-3H3/b18-12+. The van der Waals surface area contributed by atoms with Crippen molar-refractivity contribution in [1.29, 1.82) is 0 Å². The molecule has 3 rings (SSSR count). The number of rotatable bonds is 7. The lowest BCUT2D eigenvalue weighted by Gasteiger charge is -2.11. The van der Waals surface area contributed by atoms with Crippen LogP contribution in [0, 0.1) is 6.92 Å². The Kier molecular flexibility index (Phi) is 6.56. The number of thioether (sulfide) groups is 1. The minimum atomic E-state index is -0.430. The van der Waals surface area contributed by atoms with Gasteiger partial charge in [-0.15, -0.1) is 0 Å². The van der Waals surface area contributed by atoms with Crippen molar-refractivity contribution in [3.8, 4) is 11.3 Å². The summed E-state index contributed by atoms with van der Waals surface area (Å²) in [4.78, 5) is 37.9. The Morgan fingerprint density at radius 2 is 2.00 bits per heavy atom. The van der Waals surface area contributed by atoms with Crippen molar-refractivity contribution in [1.82, 2.24) is 4.90 Å². The van der Waals surface area contributed by atoms with Gasteiger partial charge in [-0.3, -0.25) is 14.5 Å². The van der Waals surface area contributed by atoms with Gasteiger partial charge >= 0.3 is 5.97 Å². The molecule has 2 heterocycles. The number of imide groups is 1. The summed E-state index contributed by atoms with van der Waals surface area (Å²) in [6.07, 6.45) is 2.15. The van der Waals surface area contributed by atoms with Crippen LogP contribution in [0.25, 0.3) is 17.4 Å². The van der Waals surface area contributed by atoms with E-state index in [-0.39, 0.29) is 11.1 Å². The van der Waals surface area contributed by atoms with Crippen LogP contribution in [0.15, 0.2) is 39.7 Å². The third-order valence-corrected chi connectivity index (χ3v) is 5.34. The second-order valence-corrected chi connectivity index (χ2v) is 7.40.